The molecular formula is C5H5P. The lowest BCUT2D eigenvalue weighted by molar-refractivity contribution is 2.04. The molecule has 1 rings (SSSR count). The summed E-state index contributed by atoms with van der Waals surface area (Å²) in [5.74, 6) is 2.07. The van der Waals surface area contributed by atoms with E-state index in [4.69, 9.17) is 0 Å². The molecule has 0 nitrogen and oxygen atoms in total. The lowest BCUT2D eigenvalue weighted by Crippen LogP contribution is -1.42. The summed E-state index contributed by atoms with van der Waals surface area (Å²) >= 11 is 0. The zero-order valence-corrected chi connectivity index (χ0v) is 4.28. The minimum absolute atomic E-state index is 1.19. The van der Waals surface area contributed by atoms with Crippen LogP contribution in [0.5, 0.6) is 0 Å². The Bertz CT molecular complexity index is 106. The maximum absolute atomic E-state index is 3.72. The fourth-order valence-corrected chi connectivity index (χ4v) is 0.872. The molecule has 1 aliphatic rings. The maximum Gasteiger partial charge on any atom is -0.00542 e. The van der Waals surface area contributed by atoms with Crippen molar-refractivity contribution in [1.29, 1.82) is 0 Å². The number of allylic oxidation sites excluding steroid dienone is 3. The molecule has 0 bridgehead atoms. The molecule has 0 aliphatic carbocycles. The Morgan fingerprint density at radius 1 is 1.67 bits per heavy atom. The monoisotopic (exact) mass is 96.0 g/mol. The smallest absolute Gasteiger partial charge is 0.00542 e. The molecule has 6 heavy (non-hydrogen) atoms. The van der Waals surface area contributed by atoms with Crippen molar-refractivity contribution in [3.8, 4) is 0 Å². The first-order valence-corrected chi connectivity index (χ1v) is 2.75. The molecule has 0 saturated carbocycles. The van der Waals surface area contributed by atoms with Crippen molar-refractivity contribution in [3.05, 3.63) is 24.0 Å². The van der Waals surface area contributed by atoms with Crippen LogP contribution in [0.2, 0.25) is 0 Å². The van der Waals surface area contributed by atoms with Crippen LogP contribution in [0.15, 0.2) is 24.0 Å². The molecule has 0 aromatic carbocycles. The van der Waals surface area contributed by atoms with E-state index in [2.05, 4.69) is 12.4 Å². The third kappa shape index (κ3) is 0.580. The van der Waals surface area contributed by atoms with Crippen molar-refractivity contribution in [2.75, 3.05) is 0 Å². The highest BCUT2D eigenvalue weighted by molar-refractivity contribution is 7.44. The van der Waals surface area contributed by atoms with Gasteiger partial charge in [0.15, 0.2) is 0 Å². The summed E-state index contributed by atoms with van der Waals surface area (Å²) in [6.07, 6.45) is 4.03. The van der Waals surface area contributed by atoms with E-state index in [0.717, 1.165) is 0 Å². The van der Waals surface area contributed by atoms with Gasteiger partial charge in [-0.05, 0) is 11.1 Å². The van der Waals surface area contributed by atoms with Gasteiger partial charge in [-0.25, -0.2) is 0 Å². The largest absolute Gasteiger partial charge is 0.0871 e. The van der Waals surface area contributed by atoms with Crippen LogP contribution in [0, 0.1) is 0 Å². The third-order valence-electron chi connectivity index (χ3n) is 0.615. The van der Waals surface area contributed by atoms with Gasteiger partial charge in [-0.3, -0.25) is 0 Å². The van der Waals surface area contributed by atoms with Crippen LogP contribution in [0.25, 0.3) is 0 Å². The summed E-state index contributed by atoms with van der Waals surface area (Å²) in [5.41, 5.74) is 0. The molecule has 0 N–H and O–H groups in total. The van der Waals surface area contributed by atoms with E-state index >= 15 is 0 Å². The first-order chi connectivity index (χ1) is 2.89. The van der Waals surface area contributed by atoms with Gasteiger partial charge in [0.25, 0.3) is 0 Å². The second-order valence-electron chi connectivity index (χ2n) is 1.13. The van der Waals surface area contributed by atoms with Crippen molar-refractivity contribution in [3.63, 3.8) is 0 Å². The summed E-state index contributed by atoms with van der Waals surface area (Å²) in [4.78, 5) is 0. The molecule has 0 aromatic heterocycles. The van der Waals surface area contributed by atoms with Crippen LogP contribution < -0.4 is 0 Å². The maximum atomic E-state index is 3.72. The molecule has 1 heteroatoms. The van der Waals surface area contributed by atoms with E-state index in [1.807, 2.05) is 12.2 Å². The first kappa shape index (κ1) is 3.83. The summed E-state index contributed by atoms with van der Waals surface area (Å²) in [5, 5.41) is 1.19. The van der Waals surface area contributed by atoms with Crippen molar-refractivity contribution in [2.24, 2.45) is 0 Å². The fraction of sp³-hybridized carbons (Fsp3) is 0. The van der Waals surface area contributed by atoms with Gasteiger partial charge in [-0.1, -0.05) is 26.9 Å². The molecule has 1 aliphatic heterocycles. The second kappa shape index (κ2) is 1.40. The van der Waals surface area contributed by atoms with Gasteiger partial charge < -0.3 is 0 Å². The fourth-order valence-electron chi connectivity index (χ4n) is 0.336. The third-order valence-corrected chi connectivity index (χ3v) is 1.42. The van der Waals surface area contributed by atoms with E-state index in [9.17, 15) is 0 Å². The molecule has 0 amide bonds. The topological polar surface area (TPSA) is 0 Å². The molecule has 0 fully saturated rings. The summed E-state index contributed by atoms with van der Waals surface area (Å²) in [7, 11) is 1.26. The quantitative estimate of drug-likeness (QED) is 0.403. The second-order valence-corrected chi connectivity index (χ2v) is 2.26. The van der Waals surface area contributed by atoms with Crippen LogP contribution >= 0.6 is 8.20 Å². The molecule has 30 valence electrons. The highest BCUT2D eigenvalue weighted by Crippen LogP contribution is 2.15. The summed E-state index contributed by atoms with van der Waals surface area (Å²) in [6.45, 7) is 3.72. The van der Waals surface area contributed by atoms with Crippen molar-refractivity contribution >= 4 is 14.0 Å². The van der Waals surface area contributed by atoms with Crippen molar-refractivity contribution < 1.29 is 0 Å². The van der Waals surface area contributed by atoms with Gasteiger partial charge in [-0.2, -0.15) is 0 Å². The standard InChI is InChI=1S/C5H5P/c1-5-3-2-4-6-5/h2-4H,1H2. The first-order valence-electron chi connectivity index (χ1n) is 1.79. The molecule has 0 unspecified atom stereocenters. The average molecular weight is 96.1 g/mol. The number of rotatable bonds is 0. The van der Waals surface area contributed by atoms with Gasteiger partial charge in [0.2, 0.25) is 0 Å². The summed E-state index contributed by atoms with van der Waals surface area (Å²) < 4.78 is 0. The Kier molecular flexibility index (Phi) is 0.894. The van der Waals surface area contributed by atoms with Gasteiger partial charge in [0.1, 0.15) is 0 Å². The molecule has 1 heterocycles. The van der Waals surface area contributed by atoms with E-state index in [0.29, 0.717) is 0 Å². The van der Waals surface area contributed by atoms with Gasteiger partial charge in [0.05, 0.1) is 0 Å². The highest BCUT2D eigenvalue weighted by atomic mass is 31.1. The van der Waals surface area contributed by atoms with Gasteiger partial charge >= 0.3 is 0 Å². The molecule has 0 radical (unpaired) electrons. The van der Waals surface area contributed by atoms with Crippen LogP contribution in [-0.2, 0) is 0 Å². The molecule has 0 spiro atoms. The Morgan fingerprint density at radius 3 is 2.67 bits per heavy atom. The molecule has 0 atom stereocenters. The predicted octanol–water partition coefficient (Wildman–Crippen LogP) is 1.82. The molecule has 0 aromatic rings. The van der Waals surface area contributed by atoms with Crippen LogP contribution in [0.3, 0.4) is 0 Å². The molecule has 0 saturated heterocycles. The average Bonchev–Trinajstić information content (AvgIpc) is 1.86. The molecular weight excluding hydrogens is 91.0 g/mol. The Morgan fingerprint density at radius 2 is 2.50 bits per heavy atom. The normalized spacial score (nSPS) is 19.7. The van der Waals surface area contributed by atoms with E-state index < -0.39 is 0 Å². The van der Waals surface area contributed by atoms with E-state index in [1.165, 1.54) is 13.5 Å². The zero-order chi connectivity index (χ0) is 4.41. The van der Waals surface area contributed by atoms with Crippen LogP contribution in [0.4, 0.5) is 0 Å². The Labute approximate surface area is 39.0 Å². The Balaban J connectivity index is 2.86. The lowest BCUT2D eigenvalue weighted by Gasteiger charge is -1.70. The van der Waals surface area contributed by atoms with E-state index in [1.54, 1.807) is 0 Å². The number of hydrogen-bond acceptors (Lipinski definition) is 0. The zero-order valence-electron chi connectivity index (χ0n) is 3.39. The SMILES string of the molecule is C=C1C=CC=P1. The van der Waals surface area contributed by atoms with Crippen LogP contribution in [0.1, 0.15) is 0 Å². The van der Waals surface area contributed by atoms with Gasteiger partial charge in [-0.15, -0.1) is 0 Å². The summed E-state index contributed by atoms with van der Waals surface area (Å²) in [6, 6.07) is 0. The minimum atomic E-state index is 1.19. The van der Waals surface area contributed by atoms with Crippen LogP contribution in [-0.4, -0.2) is 5.80 Å². The highest BCUT2D eigenvalue weighted by Gasteiger charge is 1.81. The lowest BCUT2D eigenvalue weighted by atomic mass is 10.5. The van der Waals surface area contributed by atoms with Gasteiger partial charge in [0, 0.05) is 0 Å². The van der Waals surface area contributed by atoms with E-state index in [-0.39, 0.29) is 0 Å². The van der Waals surface area contributed by atoms with Crippen molar-refractivity contribution in [1.82, 2.24) is 0 Å². The van der Waals surface area contributed by atoms with Crippen molar-refractivity contribution in [2.45, 2.75) is 0 Å². The predicted molar refractivity (Wildman–Crippen MR) is 31.3 cm³/mol. The Hall–Kier alpha value is -0.350. The minimum Gasteiger partial charge on any atom is -0.0871 e. The number of hydrogen-bond donors (Lipinski definition) is 0.